The second-order valence-electron chi connectivity index (χ2n) is 6.65. The first kappa shape index (κ1) is 19.6. The molecule has 0 aliphatic carbocycles. The van der Waals surface area contributed by atoms with Crippen LogP contribution >= 0.6 is 0 Å². The number of benzene rings is 1. The molecule has 2 heterocycles. The third-order valence-corrected chi connectivity index (χ3v) is 5.94. The van der Waals surface area contributed by atoms with Gasteiger partial charge in [0.15, 0.2) is 0 Å². The van der Waals surface area contributed by atoms with Crippen LogP contribution in [0.5, 0.6) is 0 Å². The molecule has 2 N–H and O–H groups in total. The number of carbonyl (C=O) groups is 1. The van der Waals surface area contributed by atoms with Crippen molar-refractivity contribution in [2.24, 2.45) is 0 Å². The van der Waals surface area contributed by atoms with Gasteiger partial charge in [-0.1, -0.05) is 17.7 Å². The topological polar surface area (TPSA) is 97.6 Å². The van der Waals surface area contributed by atoms with Gasteiger partial charge in [0.1, 0.15) is 5.76 Å². The fraction of sp³-hybridized carbons (Fsp3) is 0.421. The standard InChI is InChI=1S/C19H24N2O5S/c1-14-6-8-16(9-7-14)27(23,24)21-17(18-5-3-11-26-18)12-19(22)20-13-15-4-2-10-25-15/h3,5-9,11,15,17,21H,2,4,10,12-13H2,1H3,(H,20,22)/t15-,17-/m0/s1. The molecule has 0 saturated carbocycles. The molecule has 2 atom stereocenters. The van der Waals surface area contributed by atoms with Crippen LogP contribution in [0.25, 0.3) is 0 Å². The van der Waals surface area contributed by atoms with Crippen molar-refractivity contribution in [3.8, 4) is 0 Å². The van der Waals surface area contributed by atoms with Gasteiger partial charge >= 0.3 is 0 Å². The number of hydrogen-bond acceptors (Lipinski definition) is 5. The van der Waals surface area contributed by atoms with Crippen molar-refractivity contribution < 1.29 is 22.4 Å². The molecular weight excluding hydrogens is 368 g/mol. The average molecular weight is 392 g/mol. The second-order valence-corrected chi connectivity index (χ2v) is 8.36. The van der Waals surface area contributed by atoms with E-state index < -0.39 is 16.1 Å². The highest BCUT2D eigenvalue weighted by atomic mass is 32.2. The Hall–Kier alpha value is -2.16. The molecule has 1 saturated heterocycles. The van der Waals surface area contributed by atoms with Crippen LogP contribution in [-0.4, -0.2) is 33.6 Å². The average Bonchev–Trinajstić information content (AvgIpc) is 3.33. The number of sulfonamides is 1. The van der Waals surface area contributed by atoms with Crippen molar-refractivity contribution in [1.29, 1.82) is 0 Å². The molecule has 7 nitrogen and oxygen atoms in total. The van der Waals surface area contributed by atoms with E-state index in [0.29, 0.717) is 18.9 Å². The Morgan fingerprint density at radius 3 is 2.67 bits per heavy atom. The van der Waals surface area contributed by atoms with E-state index in [1.54, 1.807) is 24.3 Å². The quantitative estimate of drug-likeness (QED) is 0.718. The van der Waals surface area contributed by atoms with Gasteiger partial charge in [-0.25, -0.2) is 8.42 Å². The third kappa shape index (κ3) is 5.41. The summed E-state index contributed by atoms with van der Waals surface area (Å²) in [6.07, 6.45) is 3.33. The minimum atomic E-state index is -3.79. The third-order valence-electron chi connectivity index (χ3n) is 4.46. The molecule has 0 bridgehead atoms. The summed E-state index contributed by atoms with van der Waals surface area (Å²) >= 11 is 0. The first-order valence-electron chi connectivity index (χ1n) is 8.95. The molecule has 1 aliphatic heterocycles. The van der Waals surface area contributed by atoms with Crippen molar-refractivity contribution in [1.82, 2.24) is 10.0 Å². The molecule has 2 aromatic rings. The SMILES string of the molecule is Cc1ccc(S(=O)(=O)N[C@@H](CC(=O)NC[C@@H]2CCCO2)c2ccco2)cc1. The van der Waals surface area contributed by atoms with E-state index >= 15 is 0 Å². The number of amides is 1. The predicted molar refractivity (Wildman–Crippen MR) is 99.6 cm³/mol. The zero-order chi connectivity index (χ0) is 19.3. The molecule has 0 radical (unpaired) electrons. The van der Waals surface area contributed by atoms with Gasteiger partial charge in [0.25, 0.3) is 0 Å². The van der Waals surface area contributed by atoms with E-state index in [-0.39, 0.29) is 23.3 Å². The van der Waals surface area contributed by atoms with Crippen LogP contribution < -0.4 is 10.0 Å². The molecule has 0 unspecified atom stereocenters. The van der Waals surface area contributed by atoms with Gasteiger partial charge in [0, 0.05) is 13.2 Å². The Morgan fingerprint density at radius 1 is 1.26 bits per heavy atom. The van der Waals surface area contributed by atoms with E-state index in [1.807, 2.05) is 6.92 Å². The maximum Gasteiger partial charge on any atom is 0.241 e. The summed E-state index contributed by atoms with van der Waals surface area (Å²) in [5.41, 5.74) is 0.963. The summed E-state index contributed by atoms with van der Waals surface area (Å²) in [5.74, 6) is 0.122. The Kier molecular flexibility index (Phi) is 6.30. The molecule has 1 fully saturated rings. The molecule has 1 amide bonds. The first-order chi connectivity index (χ1) is 12.9. The fourth-order valence-electron chi connectivity index (χ4n) is 2.95. The summed E-state index contributed by atoms with van der Waals surface area (Å²) in [6, 6.07) is 9.04. The number of aryl methyl sites for hydroxylation is 1. The second kappa shape index (κ2) is 8.69. The lowest BCUT2D eigenvalue weighted by atomic mass is 10.1. The molecule has 1 aromatic heterocycles. The number of furan rings is 1. The molecule has 1 aromatic carbocycles. The lowest BCUT2D eigenvalue weighted by Crippen LogP contribution is -2.36. The van der Waals surface area contributed by atoms with Gasteiger partial charge in [-0.15, -0.1) is 0 Å². The highest BCUT2D eigenvalue weighted by molar-refractivity contribution is 7.89. The number of hydrogen-bond donors (Lipinski definition) is 2. The van der Waals surface area contributed by atoms with Gasteiger partial charge < -0.3 is 14.5 Å². The smallest absolute Gasteiger partial charge is 0.241 e. The van der Waals surface area contributed by atoms with Crippen LogP contribution in [0.2, 0.25) is 0 Å². The van der Waals surface area contributed by atoms with Crippen molar-refractivity contribution in [3.05, 3.63) is 54.0 Å². The summed E-state index contributed by atoms with van der Waals surface area (Å²) < 4.78 is 38.8. The van der Waals surface area contributed by atoms with E-state index in [0.717, 1.165) is 18.4 Å². The van der Waals surface area contributed by atoms with Crippen LogP contribution in [0.1, 0.15) is 36.6 Å². The molecular formula is C19H24N2O5S. The number of nitrogens with one attached hydrogen (secondary N) is 2. The van der Waals surface area contributed by atoms with Crippen LogP contribution in [-0.2, 0) is 19.6 Å². The molecule has 1 aliphatic rings. The van der Waals surface area contributed by atoms with Crippen LogP contribution in [0.3, 0.4) is 0 Å². The van der Waals surface area contributed by atoms with Crippen LogP contribution in [0.15, 0.2) is 52.0 Å². The molecule has 146 valence electrons. The molecule has 8 heteroatoms. The Morgan fingerprint density at radius 2 is 2.04 bits per heavy atom. The highest BCUT2D eigenvalue weighted by Crippen LogP contribution is 2.21. The van der Waals surface area contributed by atoms with Crippen LogP contribution in [0.4, 0.5) is 0 Å². The number of ether oxygens (including phenoxy) is 1. The Bertz CT molecular complexity index is 841. The van der Waals surface area contributed by atoms with Gasteiger partial charge in [0.2, 0.25) is 15.9 Å². The largest absolute Gasteiger partial charge is 0.468 e. The highest BCUT2D eigenvalue weighted by Gasteiger charge is 2.26. The summed E-state index contributed by atoms with van der Waals surface area (Å²) in [4.78, 5) is 12.5. The van der Waals surface area contributed by atoms with Gasteiger partial charge in [-0.3, -0.25) is 4.79 Å². The van der Waals surface area contributed by atoms with Gasteiger partial charge in [-0.05, 0) is 44.0 Å². The maximum atomic E-state index is 12.7. The van der Waals surface area contributed by atoms with Crippen molar-refractivity contribution in [3.63, 3.8) is 0 Å². The monoisotopic (exact) mass is 392 g/mol. The van der Waals surface area contributed by atoms with Gasteiger partial charge in [-0.2, -0.15) is 4.72 Å². The zero-order valence-electron chi connectivity index (χ0n) is 15.2. The Balaban J connectivity index is 1.68. The Labute approximate surface area is 159 Å². The van der Waals surface area contributed by atoms with E-state index in [2.05, 4.69) is 10.0 Å². The lowest BCUT2D eigenvalue weighted by Gasteiger charge is -2.18. The minimum Gasteiger partial charge on any atom is -0.468 e. The molecule has 3 rings (SSSR count). The number of carbonyl (C=O) groups excluding carboxylic acids is 1. The fourth-order valence-corrected chi connectivity index (χ4v) is 4.16. The molecule has 0 spiro atoms. The zero-order valence-corrected chi connectivity index (χ0v) is 16.0. The predicted octanol–water partition coefficient (Wildman–Crippen LogP) is 2.29. The lowest BCUT2D eigenvalue weighted by molar-refractivity contribution is -0.122. The van der Waals surface area contributed by atoms with E-state index in [4.69, 9.17) is 9.15 Å². The number of rotatable bonds is 8. The maximum absolute atomic E-state index is 12.7. The van der Waals surface area contributed by atoms with Gasteiger partial charge in [0.05, 0.1) is 29.7 Å². The van der Waals surface area contributed by atoms with Crippen molar-refractivity contribution in [2.75, 3.05) is 13.2 Å². The first-order valence-corrected chi connectivity index (χ1v) is 10.4. The minimum absolute atomic E-state index is 0.0280. The van der Waals surface area contributed by atoms with E-state index in [1.165, 1.54) is 18.4 Å². The summed E-state index contributed by atoms with van der Waals surface area (Å²) in [7, 11) is -3.79. The normalized spacial score (nSPS) is 18.3. The van der Waals surface area contributed by atoms with Crippen molar-refractivity contribution in [2.45, 2.75) is 43.2 Å². The summed E-state index contributed by atoms with van der Waals surface area (Å²) in [6.45, 7) is 3.02. The van der Waals surface area contributed by atoms with E-state index in [9.17, 15) is 13.2 Å². The van der Waals surface area contributed by atoms with Crippen molar-refractivity contribution >= 4 is 15.9 Å². The molecule has 27 heavy (non-hydrogen) atoms. The van der Waals surface area contributed by atoms with Crippen LogP contribution in [0, 0.1) is 6.92 Å². The summed E-state index contributed by atoms with van der Waals surface area (Å²) in [5, 5.41) is 2.81.